The van der Waals surface area contributed by atoms with Crippen molar-refractivity contribution >= 4 is 11.6 Å². The summed E-state index contributed by atoms with van der Waals surface area (Å²) in [5.74, 6) is -1.07. The molecule has 0 radical (unpaired) electrons. The maximum atomic E-state index is 13.4. The number of carbonyl (C=O) groups excluding carboxylic acids is 1. The van der Waals surface area contributed by atoms with Gasteiger partial charge in [0, 0.05) is 25.3 Å². The van der Waals surface area contributed by atoms with Crippen LogP contribution in [0.1, 0.15) is 0 Å². The van der Waals surface area contributed by atoms with Crippen molar-refractivity contribution in [2.45, 2.75) is 6.10 Å². The molecule has 1 rings (SSSR count). The Morgan fingerprint density at radius 3 is 2.76 bits per heavy atom. The molecule has 0 aliphatic heterocycles. The third-order valence-electron chi connectivity index (χ3n) is 2.36. The molecule has 0 bridgehead atoms. The molecule has 1 unspecified atom stereocenters. The van der Waals surface area contributed by atoms with Crippen molar-refractivity contribution in [3.05, 3.63) is 24.0 Å². The van der Waals surface area contributed by atoms with E-state index in [1.807, 2.05) is 0 Å². The summed E-state index contributed by atoms with van der Waals surface area (Å²) in [5, 5.41) is 9.29. The van der Waals surface area contributed by atoms with Crippen LogP contribution in [0, 0.1) is 5.82 Å². The van der Waals surface area contributed by atoms with Crippen molar-refractivity contribution in [3.8, 4) is 5.75 Å². The number of anilines is 1. The number of ether oxygens (including phenoxy) is 1. The molecule has 0 aliphatic rings. The highest BCUT2D eigenvalue weighted by Crippen LogP contribution is 2.23. The number of halogens is 1. The Bertz CT molecular complexity index is 412. The number of aliphatic hydroxyl groups excluding tert-OH is 1. The molecule has 0 aromatic heterocycles. The number of rotatable bonds is 4. The summed E-state index contributed by atoms with van der Waals surface area (Å²) >= 11 is 0. The van der Waals surface area contributed by atoms with Crippen molar-refractivity contribution in [2.24, 2.45) is 5.73 Å². The number of hydrogen-bond acceptors (Lipinski definition) is 4. The second-order valence-electron chi connectivity index (χ2n) is 3.47. The van der Waals surface area contributed by atoms with Crippen LogP contribution in [0.4, 0.5) is 10.1 Å². The number of nitrogens with zero attached hydrogens (tertiary/aromatic N) is 1. The highest BCUT2D eigenvalue weighted by molar-refractivity contribution is 5.96. The first-order valence-corrected chi connectivity index (χ1v) is 5.00. The van der Waals surface area contributed by atoms with E-state index >= 15 is 0 Å². The zero-order valence-electron chi connectivity index (χ0n) is 9.68. The predicted octanol–water partition coefficient (Wildman–Crippen LogP) is 0.117. The molecule has 3 N–H and O–H groups in total. The summed E-state index contributed by atoms with van der Waals surface area (Å²) < 4.78 is 18.2. The lowest BCUT2D eigenvalue weighted by atomic mass is 10.2. The zero-order chi connectivity index (χ0) is 13.0. The van der Waals surface area contributed by atoms with Crippen molar-refractivity contribution in [3.63, 3.8) is 0 Å². The van der Waals surface area contributed by atoms with Gasteiger partial charge in [0.25, 0.3) is 5.91 Å². The van der Waals surface area contributed by atoms with Crippen LogP contribution in [0.2, 0.25) is 0 Å². The molecule has 1 atom stereocenters. The minimum atomic E-state index is -1.29. The SMILES string of the molecule is COc1ccc(N(C)C(=O)C(O)CN)cc1F. The standard InChI is InChI=1S/C11H15FN2O3/c1-14(11(16)9(15)6-13)7-3-4-10(17-2)8(12)5-7/h3-5,9,15H,6,13H2,1-2H3. The molecule has 0 heterocycles. The van der Waals surface area contributed by atoms with Gasteiger partial charge >= 0.3 is 0 Å². The van der Waals surface area contributed by atoms with Crippen LogP contribution < -0.4 is 15.4 Å². The maximum Gasteiger partial charge on any atom is 0.256 e. The molecule has 0 aliphatic carbocycles. The Morgan fingerprint density at radius 2 is 2.29 bits per heavy atom. The minimum Gasteiger partial charge on any atom is -0.494 e. The van der Waals surface area contributed by atoms with Gasteiger partial charge in [-0.05, 0) is 12.1 Å². The molecule has 94 valence electrons. The van der Waals surface area contributed by atoms with Gasteiger partial charge in [-0.3, -0.25) is 4.79 Å². The summed E-state index contributed by atoms with van der Waals surface area (Å²) in [5.41, 5.74) is 5.49. The fraction of sp³-hybridized carbons (Fsp3) is 0.364. The Hall–Kier alpha value is -1.66. The summed E-state index contributed by atoms with van der Waals surface area (Å²) in [6.07, 6.45) is -1.29. The smallest absolute Gasteiger partial charge is 0.256 e. The van der Waals surface area contributed by atoms with Crippen LogP contribution in [-0.4, -0.2) is 37.8 Å². The number of methoxy groups -OCH3 is 1. The summed E-state index contributed by atoms with van der Waals surface area (Å²) in [4.78, 5) is 12.7. The van der Waals surface area contributed by atoms with Crippen molar-refractivity contribution in [1.29, 1.82) is 0 Å². The fourth-order valence-electron chi connectivity index (χ4n) is 1.32. The first-order valence-electron chi connectivity index (χ1n) is 5.00. The molecule has 0 fully saturated rings. The van der Waals surface area contributed by atoms with Crippen LogP contribution in [0.25, 0.3) is 0 Å². The van der Waals surface area contributed by atoms with Crippen LogP contribution in [-0.2, 0) is 4.79 Å². The van der Waals surface area contributed by atoms with E-state index in [9.17, 15) is 14.3 Å². The van der Waals surface area contributed by atoms with Crippen molar-refractivity contribution in [2.75, 3.05) is 25.6 Å². The third-order valence-corrected chi connectivity index (χ3v) is 2.36. The lowest BCUT2D eigenvalue weighted by Gasteiger charge is -2.20. The second kappa shape index (κ2) is 5.60. The lowest BCUT2D eigenvalue weighted by Crippen LogP contribution is -2.40. The summed E-state index contributed by atoms with van der Waals surface area (Å²) in [6.45, 7) is -0.179. The van der Waals surface area contributed by atoms with Gasteiger partial charge in [0.05, 0.1) is 7.11 Å². The highest BCUT2D eigenvalue weighted by atomic mass is 19.1. The maximum absolute atomic E-state index is 13.4. The molecule has 1 amide bonds. The normalized spacial score (nSPS) is 12.1. The van der Waals surface area contributed by atoms with E-state index in [2.05, 4.69) is 0 Å². The Kier molecular flexibility index (Phi) is 4.42. The van der Waals surface area contributed by atoms with E-state index in [1.165, 1.54) is 26.3 Å². The quantitative estimate of drug-likeness (QED) is 0.786. The molecule has 0 saturated carbocycles. The van der Waals surface area contributed by atoms with Gasteiger partial charge in [0.15, 0.2) is 11.6 Å². The second-order valence-corrected chi connectivity index (χ2v) is 3.47. The summed E-state index contributed by atoms with van der Waals surface area (Å²) in [6, 6.07) is 4.08. The van der Waals surface area contributed by atoms with E-state index in [0.717, 1.165) is 11.0 Å². The monoisotopic (exact) mass is 242 g/mol. The molecule has 1 aromatic carbocycles. The third kappa shape index (κ3) is 2.92. The Balaban J connectivity index is 2.93. The molecule has 17 heavy (non-hydrogen) atoms. The number of likely N-dealkylation sites (N-methyl/N-ethyl adjacent to an activating group) is 1. The summed E-state index contributed by atoms with van der Waals surface area (Å²) in [7, 11) is 2.79. The molecule has 0 saturated heterocycles. The largest absolute Gasteiger partial charge is 0.494 e. The lowest BCUT2D eigenvalue weighted by molar-refractivity contribution is -0.125. The zero-order valence-corrected chi connectivity index (χ0v) is 9.68. The van der Waals surface area contributed by atoms with Crippen LogP contribution in [0.15, 0.2) is 18.2 Å². The van der Waals surface area contributed by atoms with Gasteiger partial charge in [-0.1, -0.05) is 0 Å². The highest BCUT2D eigenvalue weighted by Gasteiger charge is 2.19. The van der Waals surface area contributed by atoms with E-state index < -0.39 is 17.8 Å². The number of aliphatic hydroxyl groups is 1. The van der Waals surface area contributed by atoms with Crippen molar-refractivity contribution in [1.82, 2.24) is 0 Å². The van der Waals surface area contributed by atoms with Crippen molar-refractivity contribution < 1.29 is 19.0 Å². The van der Waals surface area contributed by atoms with Gasteiger partial charge in [0.1, 0.15) is 6.10 Å². The van der Waals surface area contributed by atoms with Gasteiger partial charge in [0.2, 0.25) is 0 Å². The van der Waals surface area contributed by atoms with E-state index in [-0.39, 0.29) is 12.3 Å². The van der Waals surface area contributed by atoms with E-state index in [4.69, 9.17) is 10.5 Å². The van der Waals surface area contributed by atoms with E-state index in [1.54, 1.807) is 0 Å². The molecular weight excluding hydrogens is 227 g/mol. The van der Waals surface area contributed by atoms with E-state index in [0.29, 0.717) is 5.69 Å². The predicted molar refractivity (Wildman–Crippen MR) is 61.4 cm³/mol. The van der Waals surface area contributed by atoms with Gasteiger partial charge in [-0.25, -0.2) is 4.39 Å². The van der Waals surface area contributed by atoms with Gasteiger partial charge < -0.3 is 20.5 Å². The average Bonchev–Trinajstić information content (AvgIpc) is 2.35. The number of amides is 1. The Labute approximate surface area is 98.6 Å². The van der Waals surface area contributed by atoms with Gasteiger partial charge in [-0.15, -0.1) is 0 Å². The fourth-order valence-corrected chi connectivity index (χ4v) is 1.32. The van der Waals surface area contributed by atoms with Crippen LogP contribution in [0.5, 0.6) is 5.75 Å². The van der Waals surface area contributed by atoms with Crippen LogP contribution in [0.3, 0.4) is 0 Å². The number of hydrogen-bond donors (Lipinski definition) is 2. The van der Waals surface area contributed by atoms with Crippen LogP contribution >= 0.6 is 0 Å². The average molecular weight is 242 g/mol. The van der Waals surface area contributed by atoms with Gasteiger partial charge in [-0.2, -0.15) is 0 Å². The first-order chi connectivity index (χ1) is 8.01. The number of nitrogens with two attached hydrogens (primary N) is 1. The first kappa shape index (κ1) is 13.4. The molecule has 5 nitrogen and oxygen atoms in total. The molecule has 0 spiro atoms. The number of benzene rings is 1. The minimum absolute atomic E-state index is 0.0916. The molecule has 6 heteroatoms. The number of carbonyl (C=O) groups is 1. The molecular formula is C11H15FN2O3. The Morgan fingerprint density at radius 1 is 1.65 bits per heavy atom. The topological polar surface area (TPSA) is 75.8 Å². The molecule has 1 aromatic rings.